The number of Topliss-reactive ketones (excluding diaryl/α,β-unsaturated/α-hetero) is 1. The summed E-state index contributed by atoms with van der Waals surface area (Å²) >= 11 is 0. The summed E-state index contributed by atoms with van der Waals surface area (Å²) in [4.78, 5) is 11.1. The maximum Gasteiger partial charge on any atom is 0.168 e. The Kier molecular flexibility index (Phi) is 4.47. The van der Waals surface area contributed by atoms with Gasteiger partial charge in [0.15, 0.2) is 5.79 Å². The van der Waals surface area contributed by atoms with Gasteiger partial charge in [-0.25, -0.2) is 0 Å². The number of carbonyl (C=O) groups excluding carboxylic acids is 1. The summed E-state index contributed by atoms with van der Waals surface area (Å²) in [5, 5.41) is 0. The molecule has 1 fully saturated rings. The van der Waals surface area contributed by atoms with Gasteiger partial charge in [0.2, 0.25) is 0 Å². The topological polar surface area (TPSA) is 44.8 Å². The van der Waals surface area contributed by atoms with Crippen molar-refractivity contribution >= 4 is 5.78 Å². The van der Waals surface area contributed by atoms with Gasteiger partial charge < -0.3 is 14.2 Å². The van der Waals surface area contributed by atoms with Crippen LogP contribution in [0.4, 0.5) is 0 Å². The minimum atomic E-state index is -0.630. The lowest BCUT2D eigenvalue weighted by atomic mass is 10.1. The van der Waals surface area contributed by atoms with E-state index in [1.54, 1.807) is 14.0 Å². The molecule has 1 aliphatic heterocycles. The third-order valence-corrected chi connectivity index (χ3v) is 2.98. The number of methoxy groups -OCH3 is 1. The molecule has 2 unspecified atom stereocenters. The summed E-state index contributed by atoms with van der Waals surface area (Å²) in [6.07, 6.45) is 1.01. The van der Waals surface area contributed by atoms with Crippen LogP contribution in [-0.2, 0) is 19.0 Å². The Bertz CT molecular complexity index is 241. The third-order valence-electron chi connectivity index (χ3n) is 2.98. The minimum absolute atomic E-state index is 0.0832. The van der Waals surface area contributed by atoms with E-state index in [1.807, 2.05) is 20.8 Å². The number of ether oxygens (including phenoxy) is 3. The Hall–Kier alpha value is -0.450. The van der Waals surface area contributed by atoms with Crippen LogP contribution in [0.15, 0.2) is 0 Å². The molecule has 0 aromatic rings. The predicted molar refractivity (Wildman–Crippen MR) is 60.2 cm³/mol. The Labute approximate surface area is 97.2 Å². The van der Waals surface area contributed by atoms with E-state index in [0.29, 0.717) is 12.8 Å². The first kappa shape index (κ1) is 13.6. The van der Waals surface area contributed by atoms with Crippen molar-refractivity contribution in [2.45, 2.75) is 64.6 Å². The molecule has 94 valence electrons. The second kappa shape index (κ2) is 5.25. The molecular weight excluding hydrogens is 208 g/mol. The Morgan fingerprint density at radius 1 is 1.38 bits per heavy atom. The molecule has 0 aromatic heterocycles. The van der Waals surface area contributed by atoms with Crippen molar-refractivity contribution in [3.8, 4) is 0 Å². The van der Waals surface area contributed by atoms with Crippen LogP contribution < -0.4 is 0 Å². The quantitative estimate of drug-likeness (QED) is 0.723. The minimum Gasteiger partial charge on any atom is -0.381 e. The van der Waals surface area contributed by atoms with Crippen LogP contribution in [0.1, 0.15) is 40.5 Å². The maximum absolute atomic E-state index is 11.1. The zero-order valence-electron chi connectivity index (χ0n) is 10.8. The molecule has 1 heterocycles. The summed E-state index contributed by atoms with van der Waals surface area (Å²) < 4.78 is 16.8. The van der Waals surface area contributed by atoms with Crippen LogP contribution in [-0.4, -0.2) is 37.0 Å². The summed E-state index contributed by atoms with van der Waals surface area (Å²) in [7, 11) is 1.61. The highest BCUT2D eigenvalue weighted by atomic mass is 16.8. The molecule has 4 heteroatoms. The molecular formula is C12H22O4. The first-order chi connectivity index (χ1) is 7.36. The average molecular weight is 230 g/mol. The molecule has 0 amide bonds. The Balaban J connectivity index is 2.54. The summed E-state index contributed by atoms with van der Waals surface area (Å²) in [5.74, 6) is -0.510. The van der Waals surface area contributed by atoms with E-state index in [1.165, 1.54) is 0 Å². The van der Waals surface area contributed by atoms with Gasteiger partial charge in [0.25, 0.3) is 0 Å². The van der Waals surface area contributed by atoms with Gasteiger partial charge in [0.1, 0.15) is 5.78 Å². The Morgan fingerprint density at radius 3 is 2.25 bits per heavy atom. The van der Waals surface area contributed by atoms with E-state index in [9.17, 15) is 4.79 Å². The van der Waals surface area contributed by atoms with Crippen LogP contribution in [0, 0.1) is 0 Å². The monoisotopic (exact) mass is 230 g/mol. The molecule has 0 aliphatic carbocycles. The number of rotatable bonds is 5. The van der Waals surface area contributed by atoms with Gasteiger partial charge >= 0.3 is 0 Å². The van der Waals surface area contributed by atoms with Gasteiger partial charge in [-0.2, -0.15) is 0 Å². The fourth-order valence-corrected chi connectivity index (χ4v) is 2.08. The second-order valence-electron chi connectivity index (χ2n) is 4.75. The maximum atomic E-state index is 11.1. The van der Waals surface area contributed by atoms with Crippen molar-refractivity contribution in [3.63, 3.8) is 0 Å². The molecule has 0 saturated carbocycles. The van der Waals surface area contributed by atoms with Gasteiger partial charge in [-0.1, -0.05) is 0 Å². The normalized spacial score (nSPS) is 36.3. The van der Waals surface area contributed by atoms with E-state index in [-0.39, 0.29) is 24.1 Å². The number of ketones is 1. The first-order valence-corrected chi connectivity index (χ1v) is 5.74. The molecule has 0 bridgehead atoms. The molecule has 1 rings (SSSR count). The SMILES string of the molecule is CO[C@@H](CC(C)=O)CC1(C)OC(C)C(C)O1. The molecule has 1 aliphatic rings. The van der Waals surface area contributed by atoms with Gasteiger partial charge in [-0.3, -0.25) is 4.79 Å². The van der Waals surface area contributed by atoms with Crippen molar-refractivity contribution in [1.29, 1.82) is 0 Å². The van der Waals surface area contributed by atoms with Crippen LogP contribution in [0.2, 0.25) is 0 Å². The lowest BCUT2D eigenvalue weighted by Crippen LogP contribution is -2.33. The molecule has 0 spiro atoms. The molecule has 4 nitrogen and oxygen atoms in total. The highest BCUT2D eigenvalue weighted by Gasteiger charge is 2.41. The van der Waals surface area contributed by atoms with Crippen molar-refractivity contribution in [2.24, 2.45) is 0 Å². The zero-order valence-corrected chi connectivity index (χ0v) is 10.8. The predicted octanol–water partition coefficient (Wildman–Crippen LogP) is 1.91. The first-order valence-electron chi connectivity index (χ1n) is 5.74. The van der Waals surface area contributed by atoms with Crippen molar-refractivity contribution in [2.75, 3.05) is 7.11 Å². The van der Waals surface area contributed by atoms with Crippen molar-refractivity contribution in [1.82, 2.24) is 0 Å². The summed E-state index contributed by atoms with van der Waals surface area (Å²) in [5.41, 5.74) is 0. The van der Waals surface area contributed by atoms with E-state index < -0.39 is 5.79 Å². The number of carbonyl (C=O) groups is 1. The fourth-order valence-electron chi connectivity index (χ4n) is 2.08. The molecule has 16 heavy (non-hydrogen) atoms. The highest BCUT2D eigenvalue weighted by Crippen LogP contribution is 2.33. The molecule has 0 radical (unpaired) electrons. The number of hydrogen-bond donors (Lipinski definition) is 0. The molecule has 0 aromatic carbocycles. The molecule has 0 N–H and O–H groups in total. The van der Waals surface area contributed by atoms with Crippen LogP contribution in [0.3, 0.4) is 0 Å². The van der Waals surface area contributed by atoms with Gasteiger partial charge in [0, 0.05) is 20.0 Å². The van der Waals surface area contributed by atoms with Crippen LogP contribution in [0.5, 0.6) is 0 Å². The van der Waals surface area contributed by atoms with Crippen molar-refractivity contribution in [3.05, 3.63) is 0 Å². The average Bonchev–Trinajstić information content (AvgIpc) is 2.38. The van der Waals surface area contributed by atoms with E-state index >= 15 is 0 Å². The van der Waals surface area contributed by atoms with Crippen LogP contribution in [0.25, 0.3) is 0 Å². The zero-order chi connectivity index (χ0) is 12.3. The van der Waals surface area contributed by atoms with Gasteiger partial charge in [0.05, 0.1) is 18.3 Å². The van der Waals surface area contributed by atoms with Gasteiger partial charge in [-0.05, 0) is 27.7 Å². The third kappa shape index (κ3) is 3.54. The summed E-state index contributed by atoms with van der Waals surface area (Å²) in [6, 6.07) is 0. The van der Waals surface area contributed by atoms with Crippen molar-refractivity contribution < 1.29 is 19.0 Å². The van der Waals surface area contributed by atoms with E-state index in [2.05, 4.69) is 0 Å². The van der Waals surface area contributed by atoms with E-state index in [0.717, 1.165) is 0 Å². The van der Waals surface area contributed by atoms with E-state index in [4.69, 9.17) is 14.2 Å². The lowest BCUT2D eigenvalue weighted by Gasteiger charge is -2.27. The van der Waals surface area contributed by atoms with Gasteiger partial charge in [-0.15, -0.1) is 0 Å². The lowest BCUT2D eigenvalue weighted by molar-refractivity contribution is -0.180. The molecule has 1 saturated heterocycles. The number of hydrogen-bond acceptors (Lipinski definition) is 4. The highest BCUT2D eigenvalue weighted by molar-refractivity contribution is 5.75. The fraction of sp³-hybridized carbons (Fsp3) is 0.917. The Morgan fingerprint density at radius 2 is 1.88 bits per heavy atom. The standard InChI is InChI=1S/C12H22O4/c1-8(13)6-11(14-5)7-12(4)15-9(2)10(3)16-12/h9-11H,6-7H2,1-5H3/t9?,10?,11-,12?/m0/s1. The van der Waals surface area contributed by atoms with Crippen LogP contribution >= 0.6 is 0 Å². The molecule has 3 atom stereocenters. The largest absolute Gasteiger partial charge is 0.381 e. The summed E-state index contributed by atoms with van der Waals surface area (Å²) in [6.45, 7) is 7.44. The second-order valence-corrected chi connectivity index (χ2v) is 4.75. The smallest absolute Gasteiger partial charge is 0.168 e.